The minimum Gasteiger partial charge on any atom is -0.326 e. The number of aromatic nitrogens is 1. The van der Waals surface area contributed by atoms with Crippen LogP contribution in [0.1, 0.15) is 44.6 Å². The van der Waals surface area contributed by atoms with E-state index in [1.54, 1.807) is 6.07 Å². The number of nitrogens with one attached hydrogen (secondary N) is 1. The van der Waals surface area contributed by atoms with Crippen LogP contribution in [-0.4, -0.2) is 19.9 Å². The van der Waals surface area contributed by atoms with Gasteiger partial charge in [0, 0.05) is 19.3 Å². The van der Waals surface area contributed by atoms with Crippen molar-refractivity contribution in [1.82, 2.24) is 9.71 Å². The first-order valence-electron chi connectivity index (χ1n) is 7.69. The molecule has 21 heavy (non-hydrogen) atoms. The topological polar surface area (TPSA) is 85.1 Å². The van der Waals surface area contributed by atoms with E-state index < -0.39 is 10.0 Å². The van der Waals surface area contributed by atoms with E-state index >= 15 is 0 Å². The molecule has 0 spiro atoms. The Labute approximate surface area is 127 Å². The first-order chi connectivity index (χ1) is 10.0. The molecule has 0 atom stereocenters. The second kappa shape index (κ2) is 7.33. The predicted molar refractivity (Wildman–Crippen MR) is 83.1 cm³/mol. The zero-order valence-electron chi connectivity index (χ0n) is 12.6. The average molecular weight is 311 g/mol. The molecule has 0 radical (unpaired) electrons. The van der Waals surface area contributed by atoms with Crippen molar-refractivity contribution >= 4 is 10.0 Å². The van der Waals surface area contributed by atoms with Crippen LogP contribution in [0, 0.1) is 11.8 Å². The third-order valence-electron chi connectivity index (χ3n) is 4.41. The van der Waals surface area contributed by atoms with E-state index in [2.05, 4.69) is 16.6 Å². The molecular formula is C15H25N3O2S. The smallest absolute Gasteiger partial charge is 0.258 e. The first kappa shape index (κ1) is 16.4. The van der Waals surface area contributed by atoms with E-state index in [0.717, 1.165) is 24.3 Å². The molecule has 1 saturated carbocycles. The molecule has 0 bridgehead atoms. The van der Waals surface area contributed by atoms with Gasteiger partial charge in [-0.1, -0.05) is 32.3 Å². The second-order valence-corrected chi connectivity index (χ2v) is 7.57. The van der Waals surface area contributed by atoms with Crippen molar-refractivity contribution in [2.24, 2.45) is 17.6 Å². The van der Waals surface area contributed by atoms with Crippen molar-refractivity contribution in [3.63, 3.8) is 0 Å². The summed E-state index contributed by atoms with van der Waals surface area (Å²) < 4.78 is 27.1. The number of hydrogen-bond acceptors (Lipinski definition) is 4. The molecule has 1 heterocycles. The third kappa shape index (κ3) is 4.49. The van der Waals surface area contributed by atoms with Crippen molar-refractivity contribution in [3.05, 3.63) is 23.9 Å². The van der Waals surface area contributed by atoms with Crippen molar-refractivity contribution in [1.29, 1.82) is 0 Å². The molecule has 6 heteroatoms. The summed E-state index contributed by atoms with van der Waals surface area (Å²) in [6.45, 7) is 3.10. The standard InChI is InChI=1S/C15H25N3O2S/c1-2-12-3-5-13(6-4-12)11-18-21(19,20)15-8-7-14(9-16)10-17-15/h7-8,10,12-13,18H,2-6,9,11,16H2,1H3. The normalized spacial score (nSPS) is 23.1. The van der Waals surface area contributed by atoms with E-state index in [-0.39, 0.29) is 5.03 Å². The van der Waals surface area contributed by atoms with Crippen LogP contribution in [0.5, 0.6) is 0 Å². The molecule has 1 aromatic heterocycles. The maximum absolute atomic E-state index is 12.2. The Morgan fingerprint density at radius 1 is 1.24 bits per heavy atom. The highest BCUT2D eigenvalue weighted by Crippen LogP contribution is 2.30. The van der Waals surface area contributed by atoms with Crippen molar-refractivity contribution < 1.29 is 8.42 Å². The largest absolute Gasteiger partial charge is 0.326 e. The van der Waals surface area contributed by atoms with Gasteiger partial charge in [-0.2, -0.15) is 0 Å². The number of nitrogens with two attached hydrogens (primary N) is 1. The predicted octanol–water partition coefficient (Wildman–Crippen LogP) is 2.03. The van der Waals surface area contributed by atoms with Gasteiger partial charge in [0.05, 0.1) is 0 Å². The van der Waals surface area contributed by atoms with Crippen molar-refractivity contribution in [3.8, 4) is 0 Å². The van der Waals surface area contributed by atoms with Gasteiger partial charge in [0.15, 0.2) is 5.03 Å². The van der Waals surface area contributed by atoms with E-state index in [4.69, 9.17) is 5.73 Å². The van der Waals surface area contributed by atoms with Crippen LogP contribution in [0.25, 0.3) is 0 Å². The highest BCUT2D eigenvalue weighted by molar-refractivity contribution is 7.89. The molecule has 1 aliphatic carbocycles. The maximum Gasteiger partial charge on any atom is 0.258 e. The van der Waals surface area contributed by atoms with Crippen molar-refractivity contribution in [2.45, 2.75) is 50.6 Å². The molecule has 0 unspecified atom stereocenters. The van der Waals surface area contributed by atoms with Gasteiger partial charge in [0.25, 0.3) is 10.0 Å². The maximum atomic E-state index is 12.2. The van der Waals surface area contributed by atoms with Crippen LogP contribution in [0.15, 0.2) is 23.4 Å². The van der Waals surface area contributed by atoms with Gasteiger partial charge in [-0.15, -0.1) is 0 Å². The molecule has 1 aromatic rings. The highest BCUT2D eigenvalue weighted by atomic mass is 32.2. The lowest BCUT2D eigenvalue weighted by Crippen LogP contribution is -2.31. The number of pyridine rings is 1. The third-order valence-corrected chi connectivity index (χ3v) is 5.75. The molecule has 3 N–H and O–H groups in total. The molecule has 1 aliphatic rings. The van der Waals surface area contributed by atoms with Gasteiger partial charge in [0.1, 0.15) is 0 Å². The lowest BCUT2D eigenvalue weighted by molar-refractivity contribution is 0.270. The summed E-state index contributed by atoms with van der Waals surface area (Å²) in [4.78, 5) is 3.98. The SMILES string of the molecule is CCC1CCC(CNS(=O)(=O)c2ccc(CN)cn2)CC1. The zero-order chi connectivity index (χ0) is 15.3. The summed E-state index contributed by atoms with van der Waals surface area (Å²) in [7, 11) is -3.51. The minimum absolute atomic E-state index is 0.0712. The molecule has 118 valence electrons. The van der Waals surface area contributed by atoms with Crippen LogP contribution in [0.4, 0.5) is 0 Å². The monoisotopic (exact) mass is 311 g/mol. The van der Waals surface area contributed by atoms with Gasteiger partial charge >= 0.3 is 0 Å². The summed E-state index contributed by atoms with van der Waals surface area (Å²) >= 11 is 0. The number of sulfonamides is 1. The molecule has 1 fully saturated rings. The van der Waals surface area contributed by atoms with Gasteiger partial charge < -0.3 is 5.73 Å². The minimum atomic E-state index is -3.51. The quantitative estimate of drug-likeness (QED) is 0.842. The Kier molecular flexibility index (Phi) is 5.72. The average Bonchev–Trinajstić information content (AvgIpc) is 2.53. The van der Waals surface area contributed by atoms with Gasteiger partial charge in [-0.25, -0.2) is 18.1 Å². The van der Waals surface area contributed by atoms with Crippen LogP contribution in [0.2, 0.25) is 0 Å². The fraction of sp³-hybridized carbons (Fsp3) is 0.667. The van der Waals surface area contributed by atoms with Crippen LogP contribution < -0.4 is 10.5 Å². The van der Waals surface area contributed by atoms with Crippen LogP contribution in [0.3, 0.4) is 0 Å². The van der Waals surface area contributed by atoms with E-state index in [9.17, 15) is 8.42 Å². The highest BCUT2D eigenvalue weighted by Gasteiger charge is 2.22. The summed E-state index contributed by atoms with van der Waals surface area (Å²) in [6.07, 6.45) is 7.40. The molecule has 0 aliphatic heterocycles. The summed E-state index contributed by atoms with van der Waals surface area (Å²) in [5.74, 6) is 1.27. The second-order valence-electron chi connectivity index (χ2n) is 5.86. The van der Waals surface area contributed by atoms with Crippen LogP contribution in [-0.2, 0) is 16.6 Å². The van der Waals surface area contributed by atoms with E-state index in [1.807, 2.05) is 0 Å². The van der Waals surface area contributed by atoms with Gasteiger partial charge in [-0.3, -0.25) is 0 Å². The summed E-state index contributed by atoms with van der Waals surface area (Å²) in [5, 5.41) is 0.0712. The number of rotatable bonds is 6. The fourth-order valence-corrected chi connectivity index (χ4v) is 3.88. The molecule has 0 amide bonds. The van der Waals surface area contributed by atoms with E-state index in [1.165, 1.54) is 31.5 Å². The van der Waals surface area contributed by atoms with Crippen molar-refractivity contribution in [2.75, 3.05) is 6.54 Å². The Bertz CT molecular complexity index is 535. The molecular weight excluding hydrogens is 286 g/mol. The van der Waals surface area contributed by atoms with Gasteiger partial charge in [-0.05, 0) is 36.3 Å². The molecule has 0 aromatic carbocycles. The Morgan fingerprint density at radius 2 is 1.90 bits per heavy atom. The molecule has 0 saturated heterocycles. The molecule has 2 rings (SSSR count). The number of nitrogens with zero attached hydrogens (tertiary/aromatic N) is 1. The Morgan fingerprint density at radius 3 is 2.43 bits per heavy atom. The summed E-state index contributed by atoms with van der Waals surface area (Å²) in [5.41, 5.74) is 6.31. The first-order valence-corrected chi connectivity index (χ1v) is 9.18. The Hall–Kier alpha value is -0.980. The van der Waals surface area contributed by atoms with Gasteiger partial charge in [0.2, 0.25) is 0 Å². The molecule has 5 nitrogen and oxygen atoms in total. The zero-order valence-corrected chi connectivity index (χ0v) is 13.4. The van der Waals surface area contributed by atoms with E-state index in [0.29, 0.717) is 19.0 Å². The Balaban J connectivity index is 1.89. The lowest BCUT2D eigenvalue weighted by atomic mass is 9.81. The number of hydrogen-bond donors (Lipinski definition) is 2. The lowest BCUT2D eigenvalue weighted by Gasteiger charge is -2.27. The van der Waals surface area contributed by atoms with Crippen LogP contribution >= 0.6 is 0 Å². The fourth-order valence-electron chi connectivity index (χ4n) is 2.84. The summed E-state index contributed by atoms with van der Waals surface area (Å²) in [6, 6.07) is 3.21.